The molecule has 2 atom stereocenters. The minimum Gasteiger partial charge on any atom is -0.207 e. The first-order chi connectivity index (χ1) is 9.18. The smallest absolute Gasteiger partial charge is 0.207 e. The molecule has 4 heteroatoms. The van der Waals surface area contributed by atoms with Gasteiger partial charge in [0.05, 0.1) is 4.90 Å². The maximum atomic E-state index is 12.4. The largest absolute Gasteiger partial charge is 0.243 e. The van der Waals surface area contributed by atoms with Gasteiger partial charge in [0.15, 0.2) is 0 Å². The molecule has 3 rings (SSSR count). The first kappa shape index (κ1) is 13.1. The highest BCUT2D eigenvalue weighted by Gasteiger charge is 2.45. The highest BCUT2D eigenvalue weighted by molar-refractivity contribution is 7.89. The molecule has 1 aliphatic carbocycles. The van der Waals surface area contributed by atoms with E-state index in [-0.39, 0.29) is 6.04 Å². The first-order valence-corrected chi connectivity index (χ1v) is 8.69. The number of hydrogen-bond donors (Lipinski definition) is 0. The van der Waals surface area contributed by atoms with Gasteiger partial charge in [0, 0.05) is 12.6 Å². The molecule has 2 fully saturated rings. The van der Waals surface area contributed by atoms with Crippen molar-refractivity contribution in [3.63, 3.8) is 0 Å². The number of nitrogens with zero attached hydrogens (tertiary/aromatic N) is 1. The van der Waals surface area contributed by atoms with Crippen molar-refractivity contribution in [2.45, 2.75) is 49.5 Å². The summed E-state index contributed by atoms with van der Waals surface area (Å²) in [4.78, 5) is 0.432. The van der Waals surface area contributed by atoms with Crippen molar-refractivity contribution >= 4 is 10.0 Å². The molecule has 0 spiro atoms. The third-order valence-electron chi connectivity index (χ3n) is 4.34. The molecule has 0 radical (unpaired) electrons. The van der Waals surface area contributed by atoms with Crippen LogP contribution in [0.2, 0.25) is 0 Å². The summed E-state index contributed by atoms with van der Waals surface area (Å²) in [6, 6.07) is 9.05. The molecule has 3 nitrogen and oxygen atoms in total. The van der Waals surface area contributed by atoms with Crippen LogP contribution in [0.4, 0.5) is 0 Å². The molecule has 1 aromatic rings. The van der Waals surface area contributed by atoms with Gasteiger partial charge in [-0.25, -0.2) is 8.42 Å². The molecule has 0 amide bonds. The lowest BCUT2D eigenvalue weighted by molar-refractivity contribution is 0.331. The standard InChI is InChI=1S/C15H21NO2S/c17-19(18,15-9-5-2-6-10-15)16-12-14(16)11-13-7-3-1-4-8-13/h2,5-6,9-10,13-14H,1,3-4,7-8,11-12H2/t14-,16?/m0/s1. The average Bonchev–Trinajstić information content (AvgIpc) is 3.21. The zero-order valence-electron chi connectivity index (χ0n) is 11.2. The van der Waals surface area contributed by atoms with Gasteiger partial charge in [0.25, 0.3) is 0 Å². The second kappa shape index (κ2) is 5.25. The van der Waals surface area contributed by atoms with E-state index in [1.807, 2.05) is 6.07 Å². The van der Waals surface area contributed by atoms with E-state index in [4.69, 9.17) is 0 Å². The third kappa shape index (κ3) is 2.84. The maximum absolute atomic E-state index is 12.4. The second-order valence-electron chi connectivity index (χ2n) is 5.78. The molecule has 1 heterocycles. The fourth-order valence-electron chi connectivity index (χ4n) is 3.18. The van der Waals surface area contributed by atoms with Gasteiger partial charge in [-0.05, 0) is 24.5 Å². The molecule has 0 N–H and O–H groups in total. The molecule has 1 unspecified atom stereocenters. The van der Waals surface area contributed by atoms with E-state index in [9.17, 15) is 8.42 Å². The van der Waals surface area contributed by atoms with E-state index in [1.54, 1.807) is 28.6 Å². The van der Waals surface area contributed by atoms with Crippen molar-refractivity contribution in [2.24, 2.45) is 5.92 Å². The third-order valence-corrected chi connectivity index (χ3v) is 6.28. The summed E-state index contributed by atoms with van der Waals surface area (Å²) >= 11 is 0. The molecule has 2 aliphatic rings. The highest BCUT2D eigenvalue weighted by Crippen LogP contribution is 2.36. The topological polar surface area (TPSA) is 37.1 Å². The lowest BCUT2D eigenvalue weighted by Crippen LogP contribution is -2.17. The molecule has 19 heavy (non-hydrogen) atoms. The molecule has 104 valence electrons. The van der Waals surface area contributed by atoms with Gasteiger partial charge in [-0.15, -0.1) is 0 Å². The van der Waals surface area contributed by atoms with Crippen molar-refractivity contribution < 1.29 is 8.42 Å². The summed E-state index contributed by atoms with van der Waals surface area (Å²) in [6.07, 6.45) is 7.64. The minimum atomic E-state index is -3.23. The van der Waals surface area contributed by atoms with Crippen LogP contribution in [0.25, 0.3) is 0 Å². The Balaban J connectivity index is 1.62. The van der Waals surface area contributed by atoms with Crippen LogP contribution in [-0.2, 0) is 10.0 Å². The SMILES string of the molecule is O=S(=O)(c1ccccc1)N1C[C@@H]1CC1CCCCC1. The molecule has 1 aromatic carbocycles. The first-order valence-electron chi connectivity index (χ1n) is 7.25. The van der Waals surface area contributed by atoms with Crippen molar-refractivity contribution in [1.29, 1.82) is 0 Å². The lowest BCUT2D eigenvalue weighted by Gasteiger charge is -2.21. The van der Waals surface area contributed by atoms with Crippen LogP contribution in [0, 0.1) is 5.92 Å². The molecular formula is C15H21NO2S. The average molecular weight is 279 g/mol. The number of rotatable bonds is 4. The summed E-state index contributed by atoms with van der Waals surface area (Å²) in [6.45, 7) is 0.716. The van der Waals surface area contributed by atoms with Gasteiger partial charge in [0.2, 0.25) is 10.0 Å². The van der Waals surface area contributed by atoms with E-state index < -0.39 is 10.0 Å². The Bertz CT molecular complexity index is 520. The fraction of sp³-hybridized carbons (Fsp3) is 0.600. The molecule has 0 bridgehead atoms. The summed E-state index contributed by atoms with van der Waals surface area (Å²) in [5.74, 6) is 0.745. The van der Waals surface area contributed by atoms with Crippen LogP contribution in [0.1, 0.15) is 38.5 Å². The Labute approximate surface area is 115 Å². The van der Waals surface area contributed by atoms with E-state index in [0.717, 1.165) is 12.3 Å². The molecular weight excluding hydrogens is 258 g/mol. The van der Waals surface area contributed by atoms with Crippen LogP contribution < -0.4 is 0 Å². The van der Waals surface area contributed by atoms with E-state index in [0.29, 0.717) is 11.4 Å². The van der Waals surface area contributed by atoms with Gasteiger partial charge >= 0.3 is 0 Å². The van der Waals surface area contributed by atoms with Gasteiger partial charge in [-0.3, -0.25) is 0 Å². The van der Waals surface area contributed by atoms with Crippen LogP contribution in [0.3, 0.4) is 0 Å². The molecule has 1 saturated carbocycles. The lowest BCUT2D eigenvalue weighted by atomic mass is 9.86. The predicted octanol–water partition coefficient (Wildman–Crippen LogP) is 3.03. The van der Waals surface area contributed by atoms with E-state index in [1.165, 1.54) is 32.1 Å². The van der Waals surface area contributed by atoms with Crippen molar-refractivity contribution in [1.82, 2.24) is 4.31 Å². The zero-order chi connectivity index (χ0) is 13.3. The summed E-state index contributed by atoms with van der Waals surface area (Å²) in [5.41, 5.74) is 0. The summed E-state index contributed by atoms with van der Waals surface area (Å²) in [7, 11) is -3.23. The van der Waals surface area contributed by atoms with Gasteiger partial charge in [0.1, 0.15) is 0 Å². The zero-order valence-corrected chi connectivity index (χ0v) is 12.0. The number of benzene rings is 1. The molecule has 0 aromatic heterocycles. The quantitative estimate of drug-likeness (QED) is 0.794. The van der Waals surface area contributed by atoms with Gasteiger partial charge in [-0.2, -0.15) is 4.31 Å². The normalized spacial score (nSPS) is 28.2. The second-order valence-corrected chi connectivity index (χ2v) is 7.67. The van der Waals surface area contributed by atoms with E-state index in [2.05, 4.69) is 0 Å². The number of hydrogen-bond acceptors (Lipinski definition) is 2. The maximum Gasteiger partial charge on any atom is 0.243 e. The predicted molar refractivity (Wildman–Crippen MR) is 75.3 cm³/mol. The van der Waals surface area contributed by atoms with Crippen molar-refractivity contribution in [3.8, 4) is 0 Å². The monoisotopic (exact) mass is 279 g/mol. The Hall–Kier alpha value is -0.870. The van der Waals surface area contributed by atoms with Crippen molar-refractivity contribution in [3.05, 3.63) is 30.3 Å². The minimum absolute atomic E-state index is 0.258. The highest BCUT2D eigenvalue weighted by atomic mass is 32.2. The Morgan fingerprint density at radius 2 is 1.74 bits per heavy atom. The van der Waals surface area contributed by atoms with E-state index >= 15 is 0 Å². The Morgan fingerprint density at radius 3 is 2.42 bits per heavy atom. The number of sulfonamides is 1. The van der Waals surface area contributed by atoms with Gasteiger partial charge < -0.3 is 0 Å². The van der Waals surface area contributed by atoms with Crippen LogP contribution >= 0.6 is 0 Å². The Kier molecular flexibility index (Phi) is 3.63. The van der Waals surface area contributed by atoms with Gasteiger partial charge in [-0.1, -0.05) is 50.3 Å². The molecule has 1 aliphatic heterocycles. The van der Waals surface area contributed by atoms with Crippen LogP contribution in [-0.4, -0.2) is 25.3 Å². The fourth-order valence-corrected chi connectivity index (χ4v) is 4.80. The van der Waals surface area contributed by atoms with Crippen molar-refractivity contribution in [2.75, 3.05) is 6.54 Å². The summed E-state index contributed by atoms with van der Waals surface area (Å²) in [5, 5.41) is 0. The van der Waals surface area contributed by atoms with Crippen LogP contribution in [0.15, 0.2) is 35.2 Å². The Morgan fingerprint density at radius 1 is 1.05 bits per heavy atom. The summed E-state index contributed by atoms with van der Waals surface area (Å²) < 4.78 is 26.4. The molecule has 1 saturated heterocycles. The van der Waals surface area contributed by atoms with Crippen LogP contribution in [0.5, 0.6) is 0 Å².